The van der Waals surface area contributed by atoms with Crippen molar-refractivity contribution in [2.75, 3.05) is 4.90 Å². The fourth-order valence-corrected chi connectivity index (χ4v) is 9.22. The van der Waals surface area contributed by atoms with Crippen LogP contribution < -0.4 is 9.64 Å². The molecule has 1 aliphatic rings. The summed E-state index contributed by atoms with van der Waals surface area (Å²) in [6, 6.07) is 56.5. The number of pyridine rings is 1. The van der Waals surface area contributed by atoms with Crippen LogP contribution in [0.25, 0.3) is 59.2 Å². The van der Waals surface area contributed by atoms with Crippen LogP contribution in [0.2, 0.25) is 0 Å². The summed E-state index contributed by atoms with van der Waals surface area (Å²) in [5.74, 6) is 2.07. The van der Waals surface area contributed by atoms with Crippen molar-refractivity contribution in [3.8, 4) is 17.3 Å². The zero-order valence-corrected chi connectivity index (χ0v) is 36.9. The Hall–Kier alpha value is -5.68. The van der Waals surface area contributed by atoms with E-state index in [0.717, 1.165) is 55.8 Å². The topological polar surface area (TPSA) is 33.5 Å². The minimum Gasteiger partial charge on any atom is -0.509 e. The molecule has 0 bridgehead atoms. The van der Waals surface area contributed by atoms with Gasteiger partial charge in [-0.1, -0.05) is 105 Å². The van der Waals surface area contributed by atoms with Crippen LogP contribution in [0.15, 0.2) is 146 Å². The monoisotopic (exact) mass is 966 g/mol. The number of hydrogen-bond donors (Lipinski definition) is 0. The fourth-order valence-electron chi connectivity index (χ4n) is 8.09. The van der Waals surface area contributed by atoms with Crippen molar-refractivity contribution in [3.63, 3.8) is 0 Å². The number of ether oxygens (including phenoxy) is 1. The predicted octanol–water partition coefficient (Wildman–Crippen LogP) is 13.8. The van der Waals surface area contributed by atoms with Crippen LogP contribution in [0.5, 0.6) is 11.5 Å². The van der Waals surface area contributed by atoms with Gasteiger partial charge in [0.05, 0.1) is 0 Å². The number of nitrogens with zero attached hydrogens (tertiary/aromatic N) is 4. The van der Waals surface area contributed by atoms with E-state index in [1.54, 1.807) is 0 Å². The molecule has 6 aromatic carbocycles. The molecule has 0 amide bonds. The fraction of sp³-hybridized carbons (Fsp3) is 0.154. The first-order valence-electron chi connectivity index (χ1n) is 19.8. The van der Waals surface area contributed by atoms with Gasteiger partial charge in [-0.05, 0) is 78.6 Å². The van der Waals surface area contributed by atoms with E-state index in [1.807, 2.05) is 35.7 Å². The van der Waals surface area contributed by atoms with E-state index in [2.05, 4.69) is 196 Å². The number of hydrogen-bond acceptors (Lipinski definition) is 5. The summed E-state index contributed by atoms with van der Waals surface area (Å²) in [5.41, 5.74) is 8.37. The van der Waals surface area contributed by atoms with Gasteiger partial charge in [0.25, 0.3) is 0 Å². The zero-order chi connectivity index (χ0) is 39.8. The van der Waals surface area contributed by atoms with Crippen molar-refractivity contribution < 1.29 is 25.8 Å². The van der Waals surface area contributed by atoms with Crippen LogP contribution in [0.1, 0.15) is 58.2 Å². The molecule has 0 radical (unpaired) electrons. The summed E-state index contributed by atoms with van der Waals surface area (Å²) in [4.78, 5) is 9.56. The zero-order valence-electron chi connectivity index (χ0n) is 33.9. The van der Waals surface area contributed by atoms with Crippen molar-refractivity contribution in [2.24, 2.45) is 0 Å². The quantitative estimate of drug-likeness (QED) is 0.156. The molecule has 296 valence electrons. The molecule has 0 aliphatic carbocycles. The van der Waals surface area contributed by atoms with Gasteiger partial charge in [-0.15, -0.1) is 52.7 Å². The van der Waals surface area contributed by atoms with Gasteiger partial charge in [0.2, 0.25) is 0 Å². The maximum absolute atomic E-state index is 6.71. The third-order valence-corrected chi connectivity index (χ3v) is 12.1. The van der Waals surface area contributed by atoms with Crippen LogP contribution in [0.3, 0.4) is 0 Å². The Kier molecular flexibility index (Phi) is 9.77. The van der Waals surface area contributed by atoms with Crippen LogP contribution in [-0.4, -0.2) is 20.0 Å². The van der Waals surface area contributed by atoms with Crippen molar-refractivity contribution in [3.05, 3.63) is 181 Å². The summed E-state index contributed by atoms with van der Waals surface area (Å²) < 4.78 is 11.5. The Labute approximate surface area is 364 Å². The smallest absolute Gasteiger partial charge is 0.135 e. The van der Waals surface area contributed by atoms with Crippen molar-refractivity contribution in [2.45, 2.75) is 52.5 Å². The molecule has 0 saturated carbocycles. The SMILES string of the molecule is CC(C)(C)c1ccnc(-n2c3[c-]c(Oc4[c-]c(N5[CH-]N(C(C)(C)C)C(c6ccccc6)=C5c5ccccc5)ccc4)ccc3c3cc4sc5ccccc5c4cc32)c1.[Pt]. The molecular weight excluding hydrogens is 924 g/mol. The van der Waals surface area contributed by atoms with Crippen LogP contribution in [0.4, 0.5) is 5.69 Å². The van der Waals surface area contributed by atoms with Gasteiger partial charge in [0.15, 0.2) is 0 Å². The molecule has 0 saturated heterocycles. The van der Waals surface area contributed by atoms with Crippen molar-refractivity contribution in [1.29, 1.82) is 0 Å². The normalized spacial score (nSPS) is 13.6. The minimum atomic E-state index is -0.194. The van der Waals surface area contributed by atoms with Gasteiger partial charge in [-0.2, -0.15) is 18.8 Å². The molecule has 0 N–H and O–H groups in total. The first kappa shape index (κ1) is 38.8. The molecule has 59 heavy (non-hydrogen) atoms. The second kappa shape index (κ2) is 14.9. The molecule has 4 heterocycles. The number of rotatable bonds is 6. The number of benzene rings is 6. The summed E-state index contributed by atoms with van der Waals surface area (Å²) in [6.07, 6.45) is 1.92. The van der Waals surface area contributed by atoms with Gasteiger partial charge >= 0.3 is 0 Å². The van der Waals surface area contributed by atoms with Crippen LogP contribution >= 0.6 is 11.3 Å². The van der Waals surface area contributed by atoms with E-state index in [0.29, 0.717) is 11.5 Å². The van der Waals surface area contributed by atoms with Gasteiger partial charge in [0, 0.05) is 81.4 Å². The number of aromatic nitrogens is 2. The Morgan fingerprint density at radius 3 is 2.03 bits per heavy atom. The predicted molar refractivity (Wildman–Crippen MR) is 242 cm³/mol. The van der Waals surface area contributed by atoms with Crippen molar-refractivity contribution >= 4 is 70.4 Å². The molecule has 0 unspecified atom stereocenters. The number of fused-ring (bicyclic) bond motifs is 6. The molecule has 3 aromatic heterocycles. The molecule has 7 heteroatoms. The summed E-state index contributed by atoms with van der Waals surface area (Å²) in [6.45, 7) is 15.6. The Balaban J connectivity index is 0.00000449. The summed E-state index contributed by atoms with van der Waals surface area (Å²) in [5, 5.41) is 4.77. The number of thiophene rings is 1. The second-order valence-electron chi connectivity index (χ2n) is 17.0. The van der Waals surface area contributed by atoms with E-state index < -0.39 is 0 Å². The molecule has 0 spiro atoms. The molecule has 9 aromatic rings. The van der Waals surface area contributed by atoms with E-state index in [-0.39, 0.29) is 32.0 Å². The minimum absolute atomic E-state index is 0. The Morgan fingerprint density at radius 1 is 0.610 bits per heavy atom. The number of anilines is 1. The van der Waals surface area contributed by atoms with Gasteiger partial charge in [-0.3, -0.25) is 0 Å². The third-order valence-electron chi connectivity index (χ3n) is 11.0. The largest absolute Gasteiger partial charge is 0.509 e. The molecule has 1 aliphatic heterocycles. The standard InChI is InChI=1S/C52H43N4OS.Pt/c1-51(2,3)36-26-27-53-48(28-36)56-44-30-39(24-25-40(44)42-32-47-43(31-45(42)56)41-22-13-14-23-46(41)58-47)57-38-21-15-20-37(29-38)54-33-55(52(4,5)6)50(35-18-11-8-12-19-35)49(54)34-16-9-7-10-17-34;/h7-28,31-33H,1-6H3;/q-3;. The van der Waals surface area contributed by atoms with Crippen LogP contribution in [0, 0.1) is 18.8 Å². The van der Waals surface area contributed by atoms with E-state index >= 15 is 0 Å². The average molecular weight is 967 g/mol. The van der Waals surface area contributed by atoms with E-state index in [1.165, 1.54) is 25.7 Å². The van der Waals surface area contributed by atoms with Crippen LogP contribution in [-0.2, 0) is 26.5 Å². The molecular formula is C52H43N4OPtS-3. The van der Waals surface area contributed by atoms with E-state index in [9.17, 15) is 0 Å². The first-order chi connectivity index (χ1) is 28.0. The second-order valence-corrected chi connectivity index (χ2v) is 18.1. The third kappa shape index (κ3) is 6.92. The maximum Gasteiger partial charge on any atom is 0.135 e. The van der Waals surface area contributed by atoms with Gasteiger partial charge in [0.1, 0.15) is 5.82 Å². The molecule has 0 atom stereocenters. The Morgan fingerprint density at radius 2 is 1.31 bits per heavy atom. The molecule has 0 fully saturated rings. The maximum atomic E-state index is 6.71. The molecule has 5 nitrogen and oxygen atoms in total. The molecule has 10 rings (SSSR count). The van der Waals surface area contributed by atoms with Crippen molar-refractivity contribution in [1.82, 2.24) is 14.5 Å². The summed E-state index contributed by atoms with van der Waals surface area (Å²) in [7, 11) is 0. The van der Waals surface area contributed by atoms with Gasteiger partial charge in [-0.25, -0.2) is 4.98 Å². The van der Waals surface area contributed by atoms with E-state index in [4.69, 9.17) is 9.72 Å². The van der Waals surface area contributed by atoms with Gasteiger partial charge < -0.3 is 19.1 Å². The first-order valence-corrected chi connectivity index (χ1v) is 20.6. The summed E-state index contributed by atoms with van der Waals surface area (Å²) >= 11 is 1.83. The average Bonchev–Trinajstić information content (AvgIpc) is 3.90. The Bertz CT molecular complexity index is 3040.